The van der Waals surface area contributed by atoms with E-state index >= 15 is 0 Å². The molecule has 0 bridgehead atoms. The molecule has 5 heteroatoms. The highest BCUT2D eigenvalue weighted by Gasteiger charge is 2.28. The molecule has 36 heavy (non-hydrogen) atoms. The van der Waals surface area contributed by atoms with E-state index in [1.807, 2.05) is 60.7 Å². The van der Waals surface area contributed by atoms with Crippen LogP contribution in [0.5, 0.6) is 5.75 Å². The van der Waals surface area contributed by atoms with Crippen LogP contribution in [0.25, 0.3) is 22.6 Å². The number of esters is 1. The van der Waals surface area contributed by atoms with Gasteiger partial charge in [-0.15, -0.1) is 0 Å². The Morgan fingerprint density at radius 3 is 2.42 bits per heavy atom. The zero-order valence-electron chi connectivity index (χ0n) is 20.4. The lowest BCUT2D eigenvalue weighted by molar-refractivity contribution is 0.0475. The van der Waals surface area contributed by atoms with Crippen LogP contribution >= 0.6 is 0 Å². The summed E-state index contributed by atoms with van der Waals surface area (Å²) in [5, 5.41) is 0.742. The molecular formula is C31H27NO4. The van der Waals surface area contributed by atoms with Crippen molar-refractivity contribution in [3.8, 4) is 5.75 Å². The van der Waals surface area contributed by atoms with Crippen molar-refractivity contribution in [3.63, 3.8) is 0 Å². The summed E-state index contributed by atoms with van der Waals surface area (Å²) in [6, 6.07) is 22.8. The molecule has 1 aromatic heterocycles. The first-order valence-corrected chi connectivity index (χ1v) is 12.1. The smallest absolute Gasteiger partial charge is 0.339 e. The van der Waals surface area contributed by atoms with Crippen LogP contribution in [-0.2, 0) is 17.6 Å². The van der Waals surface area contributed by atoms with Gasteiger partial charge in [-0.1, -0.05) is 61.5 Å². The number of pyridine rings is 1. The molecule has 0 aliphatic heterocycles. The van der Waals surface area contributed by atoms with E-state index in [0.29, 0.717) is 17.5 Å². The number of para-hydroxylation sites is 1. The van der Waals surface area contributed by atoms with Crippen LogP contribution in [-0.4, -0.2) is 30.5 Å². The first-order valence-electron chi connectivity index (χ1n) is 12.1. The number of ketones is 1. The van der Waals surface area contributed by atoms with Crippen molar-refractivity contribution in [1.82, 2.24) is 4.98 Å². The Morgan fingerprint density at radius 1 is 0.944 bits per heavy atom. The van der Waals surface area contributed by atoms with E-state index in [-0.39, 0.29) is 12.4 Å². The average Bonchev–Trinajstić information content (AvgIpc) is 3.32. The van der Waals surface area contributed by atoms with Crippen LogP contribution in [0.4, 0.5) is 0 Å². The number of fused-ring (bicyclic) bond motifs is 2. The minimum absolute atomic E-state index is 0.221. The summed E-state index contributed by atoms with van der Waals surface area (Å²) in [6.45, 7) is 1.76. The number of hydrogen-bond donors (Lipinski definition) is 0. The van der Waals surface area contributed by atoms with Gasteiger partial charge in [0.05, 0.1) is 23.9 Å². The molecule has 0 spiro atoms. The van der Waals surface area contributed by atoms with E-state index in [1.165, 1.54) is 0 Å². The molecule has 0 N–H and O–H groups in total. The number of carbonyl (C=O) groups is 2. The molecule has 0 atom stereocenters. The second-order valence-electron chi connectivity index (χ2n) is 8.82. The Hall–Kier alpha value is -4.25. The van der Waals surface area contributed by atoms with Crippen molar-refractivity contribution in [2.24, 2.45) is 0 Å². The van der Waals surface area contributed by atoms with Crippen molar-refractivity contribution in [2.75, 3.05) is 13.7 Å². The Kier molecular flexibility index (Phi) is 6.63. The van der Waals surface area contributed by atoms with Gasteiger partial charge in [0.1, 0.15) is 5.75 Å². The van der Waals surface area contributed by atoms with Gasteiger partial charge in [-0.05, 0) is 65.8 Å². The predicted octanol–water partition coefficient (Wildman–Crippen LogP) is 6.33. The van der Waals surface area contributed by atoms with Crippen LogP contribution in [0.15, 0.2) is 72.8 Å². The van der Waals surface area contributed by atoms with Crippen LogP contribution in [0.1, 0.15) is 56.4 Å². The fourth-order valence-corrected chi connectivity index (χ4v) is 4.63. The fourth-order valence-electron chi connectivity index (χ4n) is 4.63. The molecule has 5 rings (SSSR count). The lowest BCUT2D eigenvalue weighted by atomic mass is 10.0. The van der Waals surface area contributed by atoms with Gasteiger partial charge < -0.3 is 9.47 Å². The summed E-state index contributed by atoms with van der Waals surface area (Å²) in [7, 11) is 1.64. The normalized spacial score (nSPS) is 13.6. The summed E-state index contributed by atoms with van der Waals surface area (Å²) in [5.41, 5.74) is 6.72. The van der Waals surface area contributed by atoms with Gasteiger partial charge in [0.2, 0.25) is 0 Å². The molecule has 0 unspecified atom stereocenters. The number of aryl methyl sites for hydroxylation is 1. The maximum atomic E-state index is 13.4. The van der Waals surface area contributed by atoms with Gasteiger partial charge in [-0.2, -0.15) is 0 Å². The Balaban J connectivity index is 1.45. The zero-order valence-corrected chi connectivity index (χ0v) is 20.4. The van der Waals surface area contributed by atoms with Gasteiger partial charge in [-0.3, -0.25) is 4.79 Å². The van der Waals surface area contributed by atoms with Crippen molar-refractivity contribution < 1.29 is 19.1 Å². The second-order valence-corrected chi connectivity index (χ2v) is 8.82. The van der Waals surface area contributed by atoms with Crippen molar-refractivity contribution >= 4 is 34.3 Å². The summed E-state index contributed by atoms with van der Waals surface area (Å²) < 4.78 is 10.8. The Morgan fingerprint density at radius 2 is 1.69 bits per heavy atom. The number of allylic oxidation sites excluding steroid dienone is 1. The van der Waals surface area contributed by atoms with E-state index in [1.54, 1.807) is 19.2 Å². The number of rotatable bonds is 7. The SMILES string of the molecule is CCc1ccc(C(=O)COC(=O)c2c3c(nc4ccccc24)C(=Cc2ccc(OC)cc2)CC3)cc1. The lowest BCUT2D eigenvalue weighted by Gasteiger charge is -2.12. The van der Waals surface area contributed by atoms with Crippen molar-refractivity contribution in [3.05, 3.63) is 106 Å². The minimum atomic E-state index is -0.492. The van der Waals surface area contributed by atoms with Crippen LogP contribution in [0.3, 0.4) is 0 Å². The maximum Gasteiger partial charge on any atom is 0.339 e. The lowest BCUT2D eigenvalue weighted by Crippen LogP contribution is -2.16. The molecule has 1 aliphatic carbocycles. The number of carbonyl (C=O) groups excluding carboxylic acids is 2. The molecule has 4 aromatic rings. The molecular weight excluding hydrogens is 450 g/mol. The summed E-state index contributed by atoms with van der Waals surface area (Å²) >= 11 is 0. The van der Waals surface area contributed by atoms with Gasteiger partial charge >= 0.3 is 5.97 Å². The largest absolute Gasteiger partial charge is 0.497 e. The van der Waals surface area contributed by atoms with E-state index in [0.717, 1.165) is 57.5 Å². The number of Topliss-reactive ketones (excluding diaryl/α,β-unsaturated/α-hetero) is 1. The van der Waals surface area contributed by atoms with Gasteiger partial charge in [0.15, 0.2) is 12.4 Å². The van der Waals surface area contributed by atoms with Gasteiger partial charge in [0.25, 0.3) is 0 Å². The third-order valence-corrected chi connectivity index (χ3v) is 6.62. The Labute approximate surface area is 210 Å². The molecule has 0 radical (unpaired) electrons. The summed E-state index contributed by atoms with van der Waals surface area (Å²) in [6.07, 6.45) is 4.46. The molecule has 3 aromatic carbocycles. The number of methoxy groups -OCH3 is 1. The van der Waals surface area contributed by atoms with Crippen molar-refractivity contribution in [2.45, 2.75) is 26.2 Å². The monoisotopic (exact) mass is 477 g/mol. The first-order chi connectivity index (χ1) is 17.6. The maximum absolute atomic E-state index is 13.4. The average molecular weight is 478 g/mol. The first kappa shape index (κ1) is 23.5. The number of nitrogens with zero attached hydrogens (tertiary/aromatic N) is 1. The summed E-state index contributed by atoms with van der Waals surface area (Å²) in [5.74, 6) is 0.0872. The van der Waals surface area contributed by atoms with E-state index in [9.17, 15) is 9.59 Å². The van der Waals surface area contributed by atoms with Crippen LogP contribution in [0, 0.1) is 0 Å². The number of ether oxygens (including phenoxy) is 2. The van der Waals surface area contributed by atoms with Crippen molar-refractivity contribution in [1.29, 1.82) is 0 Å². The van der Waals surface area contributed by atoms with E-state index < -0.39 is 5.97 Å². The van der Waals surface area contributed by atoms with Crippen LogP contribution in [0.2, 0.25) is 0 Å². The second kappa shape index (κ2) is 10.2. The molecule has 5 nitrogen and oxygen atoms in total. The highest BCUT2D eigenvalue weighted by atomic mass is 16.5. The standard InChI is InChI=1S/C31H27NO4/c1-3-20-8-12-22(13-9-20)28(33)19-36-31(34)29-25-6-4-5-7-27(25)32-30-23(14-17-26(29)30)18-21-10-15-24(35-2)16-11-21/h4-13,15-16,18H,3,14,17,19H2,1-2H3. The zero-order chi connectivity index (χ0) is 25.1. The quantitative estimate of drug-likeness (QED) is 0.230. The van der Waals surface area contributed by atoms with Gasteiger partial charge in [0, 0.05) is 10.9 Å². The molecule has 180 valence electrons. The predicted molar refractivity (Wildman–Crippen MR) is 141 cm³/mol. The van der Waals surface area contributed by atoms with E-state index in [4.69, 9.17) is 14.5 Å². The molecule has 1 aliphatic rings. The highest BCUT2D eigenvalue weighted by Crippen LogP contribution is 2.38. The molecule has 0 amide bonds. The van der Waals surface area contributed by atoms with Gasteiger partial charge in [-0.25, -0.2) is 9.78 Å². The third kappa shape index (κ3) is 4.65. The highest BCUT2D eigenvalue weighted by molar-refractivity contribution is 6.08. The van der Waals surface area contributed by atoms with E-state index in [2.05, 4.69) is 13.0 Å². The number of benzene rings is 3. The van der Waals surface area contributed by atoms with Crippen LogP contribution < -0.4 is 4.74 Å². The topological polar surface area (TPSA) is 65.5 Å². The number of hydrogen-bond acceptors (Lipinski definition) is 5. The minimum Gasteiger partial charge on any atom is -0.497 e. The Bertz CT molecular complexity index is 1470. The molecule has 0 fully saturated rings. The summed E-state index contributed by atoms with van der Waals surface area (Å²) in [4.78, 5) is 30.9. The molecule has 0 saturated carbocycles. The third-order valence-electron chi connectivity index (χ3n) is 6.62. The fraction of sp³-hybridized carbons (Fsp3) is 0.194. The molecule has 1 heterocycles. The molecule has 0 saturated heterocycles. The number of aromatic nitrogens is 1.